The van der Waals surface area contributed by atoms with Gasteiger partial charge in [-0.2, -0.15) is 13.7 Å². The van der Waals surface area contributed by atoms with Crippen molar-refractivity contribution in [2.75, 3.05) is 7.11 Å². The van der Waals surface area contributed by atoms with Crippen LogP contribution in [0.1, 0.15) is 11.1 Å². The van der Waals surface area contributed by atoms with Crippen LogP contribution < -0.4 is 0 Å². The average Bonchev–Trinajstić information content (AvgIpc) is 2.17. The monoisotopic (exact) mass is 212 g/mol. The van der Waals surface area contributed by atoms with Crippen molar-refractivity contribution in [3.8, 4) is 6.07 Å². The Morgan fingerprint density at radius 1 is 1.57 bits per heavy atom. The van der Waals surface area contributed by atoms with Gasteiger partial charge in [0.15, 0.2) is 0 Å². The second-order valence-corrected chi connectivity index (χ2v) is 4.30. The summed E-state index contributed by atoms with van der Waals surface area (Å²) in [6.45, 7) is 0. The van der Waals surface area contributed by atoms with E-state index in [1.807, 2.05) is 6.07 Å². The number of nitrogens with zero attached hydrogens (tertiary/aromatic N) is 2. The minimum atomic E-state index is -3.55. The summed E-state index contributed by atoms with van der Waals surface area (Å²) in [6, 6.07) is 3.33. The molecule has 0 unspecified atom stereocenters. The second kappa shape index (κ2) is 4.17. The predicted molar refractivity (Wildman–Crippen MR) is 48.6 cm³/mol. The molecular formula is C8H8N2O3S. The highest BCUT2D eigenvalue weighted by molar-refractivity contribution is 7.85. The fourth-order valence-corrected chi connectivity index (χ4v) is 1.57. The quantitative estimate of drug-likeness (QED) is 0.679. The summed E-state index contributed by atoms with van der Waals surface area (Å²) < 4.78 is 26.3. The summed E-state index contributed by atoms with van der Waals surface area (Å²) in [6.07, 6.45) is 2.75. The fourth-order valence-electron chi connectivity index (χ4n) is 0.891. The van der Waals surface area contributed by atoms with Crippen molar-refractivity contribution in [1.82, 2.24) is 4.98 Å². The maximum atomic E-state index is 11.0. The zero-order chi connectivity index (χ0) is 10.6. The highest BCUT2D eigenvalue weighted by atomic mass is 32.2. The van der Waals surface area contributed by atoms with E-state index in [0.717, 1.165) is 7.11 Å². The van der Waals surface area contributed by atoms with E-state index >= 15 is 0 Å². The normalized spacial score (nSPS) is 10.9. The van der Waals surface area contributed by atoms with Crippen molar-refractivity contribution < 1.29 is 12.6 Å². The molecule has 14 heavy (non-hydrogen) atoms. The predicted octanol–water partition coefficient (Wildman–Crippen LogP) is 0.429. The molecule has 0 atom stereocenters. The van der Waals surface area contributed by atoms with E-state index in [0.29, 0.717) is 11.1 Å². The Labute approximate surface area is 82.1 Å². The Morgan fingerprint density at radius 3 is 2.86 bits per heavy atom. The summed E-state index contributed by atoms with van der Waals surface area (Å²) in [5.41, 5.74) is 0.764. The third-order valence-electron chi connectivity index (χ3n) is 1.52. The van der Waals surface area contributed by atoms with Crippen molar-refractivity contribution in [1.29, 1.82) is 5.26 Å². The molecule has 0 saturated carbocycles. The summed E-state index contributed by atoms with van der Waals surface area (Å²) in [5, 5.41) is 8.55. The van der Waals surface area contributed by atoms with Gasteiger partial charge >= 0.3 is 0 Å². The molecule has 6 heteroatoms. The Morgan fingerprint density at radius 2 is 2.29 bits per heavy atom. The molecule has 0 aromatic carbocycles. The van der Waals surface area contributed by atoms with E-state index < -0.39 is 10.1 Å². The van der Waals surface area contributed by atoms with Crippen LogP contribution in [-0.2, 0) is 20.1 Å². The molecule has 5 nitrogen and oxygen atoms in total. The lowest BCUT2D eigenvalue weighted by molar-refractivity contribution is 0.397. The summed E-state index contributed by atoms with van der Waals surface area (Å²) in [5.74, 6) is -0.272. The molecule has 0 aliphatic carbocycles. The Bertz CT molecular complexity index is 462. The average molecular weight is 212 g/mol. The highest BCUT2D eigenvalue weighted by Crippen LogP contribution is 2.07. The third kappa shape index (κ3) is 2.80. The number of rotatable bonds is 3. The lowest BCUT2D eigenvalue weighted by atomic mass is 10.2. The van der Waals surface area contributed by atoms with Crippen molar-refractivity contribution in [3.05, 3.63) is 29.6 Å². The molecule has 1 rings (SSSR count). The van der Waals surface area contributed by atoms with E-state index in [9.17, 15) is 8.42 Å². The molecule has 0 saturated heterocycles. The van der Waals surface area contributed by atoms with Gasteiger partial charge in [-0.1, -0.05) is 0 Å². The van der Waals surface area contributed by atoms with Gasteiger partial charge < -0.3 is 0 Å². The molecule has 0 aliphatic rings. The van der Waals surface area contributed by atoms with E-state index in [4.69, 9.17) is 5.26 Å². The van der Waals surface area contributed by atoms with Crippen LogP contribution in [0.2, 0.25) is 0 Å². The van der Waals surface area contributed by atoms with Crippen LogP contribution >= 0.6 is 0 Å². The summed E-state index contributed by atoms with van der Waals surface area (Å²) in [7, 11) is -2.45. The van der Waals surface area contributed by atoms with Crippen LogP contribution in [0.5, 0.6) is 0 Å². The maximum Gasteiger partial charge on any atom is 0.271 e. The lowest BCUT2D eigenvalue weighted by Gasteiger charge is -2.00. The van der Waals surface area contributed by atoms with E-state index in [1.54, 1.807) is 0 Å². The van der Waals surface area contributed by atoms with Gasteiger partial charge in [0.25, 0.3) is 10.1 Å². The van der Waals surface area contributed by atoms with Crippen LogP contribution in [0.25, 0.3) is 0 Å². The molecule has 0 bridgehead atoms. The largest absolute Gasteiger partial charge is 0.273 e. The van der Waals surface area contributed by atoms with E-state index in [2.05, 4.69) is 9.17 Å². The van der Waals surface area contributed by atoms with Crippen LogP contribution in [0.4, 0.5) is 0 Å². The smallest absolute Gasteiger partial charge is 0.271 e. The topological polar surface area (TPSA) is 80.1 Å². The molecule has 74 valence electrons. The molecule has 1 aromatic rings. The van der Waals surface area contributed by atoms with E-state index in [-0.39, 0.29) is 5.75 Å². The minimum Gasteiger partial charge on any atom is -0.273 e. The van der Waals surface area contributed by atoms with Crippen LogP contribution in [0, 0.1) is 11.3 Å². The zero-order valence-corrected chi connectivity index (χ0v) is 8.28. The van der Waals surface area contributed by atoms with Crippen molar-refractivity contribution in [2.45, 2.75) is 5.75 Å². The van der Waals surface area contributed by atoms with Crippen molar-refractivity contribution in [2.24, 2.45) is 0 Å². The Hall–Kier alpha value is -1.45. The van der Waals surface area contributed by atoms with Crippen LogP contribution in [-0.4, -0.2) is 20.5 Å². The summed E-state index contributed by atoms with van der Waals surface area (Å²) in [4.78, 5) is 3.73. The van der Waals surface area contributed by atoms with Gasteiger partial charge in [-0.05, 0) is 11.6 Å². The van der Waals surface area contributed by atoms with Crippen LogP contribution in [0.3, 0.4) is 0 Å². The van der Waals surface area contributed by atoms with Gasteiger partial charge in [-0.3, -0.25) is 9.17 Å². The SMILES string of the molecule is COS(=O)(=O)Cc1cncc(C#N)c1. The molecule has 0 N–H and O–H groups in total. The van der Waals surface area contributed by atoms with Gasteiger partial charge in [0, 0.05) is 12.4 Å². The maximum absolute atomic E-state index is 11.0. The first-order valence-electron chi connectivity index (χ1n) is 3.70. The van der Waals surface area contributed by atoms with Gasteiger partial charge in [-0.15, -0.1) is 0 Å². The lowest BCUT2D eigenvalue weighted by Crippen LogP contribution is -2.06. The zero-order valence-electron chi connectivity index (χ0n) is 7.47. The molecule has 0 spiro atoms. The highest BCUT2D eigenvalue weighted by Gasteiger charge is 2.10. The van der Waals surface area contributed by atoms with Crippen molar-refractivity contribution in [3.63, 3.8) is 0 Å². The van der Waals surface area contributed by atoms with Gasteiger partial charge in [0.2, 0.25) is 0 Å². The van der Waals surface area contributed by atoms with Gasteiger partial charge in [0.05, 0.1) is 12.7 Å². The molecular weight excluding hydrogens is 204 g/mol. The third-order valence-corrected chi connectivity index (χ3v) is 2.72. The Balaban J connectivity index is 2.94. The van der Waals surface area contributed by atoms with Gasteiger partial charge in [0.1, 0.15) is 11.8 Å². The molecule has 0 fully saturated rings. The number of hydrogen-bond acceptors (Lipinski definition) is 5. The van der Waals surface area contributed by atoms with Gasteiger partial charge in [-0.25, -0.2) is 0 Å². The molecule has 1 aromatic heterocycles. The van der Waals surface area contributed by atoms with E-state index in [1.165, 1.54) is 18.5 Å². The second-order valence-electron chi connectivity index (χ2n) is 2.56. The first-order valence-corrected chi connectivity index (χ1v) is 5.27. The standard InChI is InChI=1S/C8H8N2O3S/c1-13-14(11,12)6-8-2-7(3-9)4-10-5-8/h2,4-5H,6H2,1H3. The Kier molecular flexibility index (Phi) is 3.17. The molecule has 1 heterocycles. The fraction of sp³-hybridized carbons (Fsp3) is 0.250. The molecule has 0 amide bonds. The number of hydrogen-bond donors (Lipinski definition) is 0. The van der Waals surface area contributed by atoms with Crippen molar-refractivity contribution >= 4 is 10.1 Å². The molecule has 0 aliphatic heterocycles. The number of pyridine rings is 1. The van der Waals surface area contributed by atoms with Crippen LogP contribution in [0.15, 0.2) is 18.5 Å². The first-order chi connectivity index (χ1) is 6.57. The first kappa shape index (κ1) is 10.6. The minimum absolute atomic E-state index is 0.272. The summed E-state index contributed by atoms with van der Waals surface area (Å²) >= 11 is 0. The number of nitriles is 1. The number of aromatic nitrogens is 1. The molecule has 0 radical (unpaired) electrons.